The van der Waals surface area contributed by atoms with E-state index < -0.39 is 6.10 Å². The third-order valence-corrected chi connectivity index (χ3v) is 7.07. The zero-order valence-electron chi connectivity index (χ0n) is 19.5. The molecule has 0 saturated carbocycles. The molecule has 1 aliphatic carbocycles. The summed E-state index contributed by atoms with van der Waals surface area (Å²) in [6.07, 6.45) is 6.17. The second-order valence-electron chi connectivity index (χ2n) is 9.09. The predicted octanol–water partition coefficient (Wildman–Crippen LogP) is 5.24. The molecule has 4 heterocycles. The van der Waals surface area contributed by atoms with E-state index in [-0.39, 0.29) is 11.9 Å². The van der Waals surface area contributed by atoms with Crippen molar-refractivity contribution in [3.05, 3.63) is 65.1 Å². The minimum atomic E-state index is -0.453. The molecule has 0 amide bonds. The lowest BCUT2D eigenvalue weighted by Gasteiger charge is -2.29. The van der Waals surface area contributed by atoms with E-state index in [1.54, 1.807) is 12.3 Å². The largest absolute Gasteiger partial charge is 0.482 e. The molecule has 174 valence electrons. The standard InChI is InChI=1S/C26H27FN6O/c1-4-32-25-16-10-23(26(28)30-12-16)34-14(2)19-11-17(27)8-9-18(19)22-13-29-15(3)33(22)21-7-5-6-20(31-32)24(21)25/h8-14,21H,4-7H2,1-3H3,(H2,28,30)/t14-,21?/m1/s1. The summed E-state index contributed by atoms with van der Waals surface area (Å²) in [6.45, 7) is 6.77. The number of aromatic nitrogens is 5. The SMILES string of the molecule is CCn1nc2c3c1-c1cnc(N)c(c1)O[C@H](C)c1cc(F)ccc1-c1cnc(C)n1C3CCC2. The maximum atomic E-state index is 14.4. The summed E-state index contributed by atoms with van der Waals surface area (Å²) in [5, 5.41) is 4.99. The second-order valence-corrected chi connectivity index (χ2v) is 9.09. The van der Waals surface area contributed by atoms with Crippen molar-refractivity contribution in [2.24, 2.45) is 0 Å². The van der Waals surface area contributed by atoms with Crippen LogP contribution in [-0.4, -0.2) is 24.3 Å². The highest BCUT2D eigenvalue weighted by atomic mass is 19.1. The number of nitrogens with two attached hydrogens (primary N) is 1. The van der Waals surface area contributed by atoms with Crippen LogP contribution >= 0.6 is 0 Å². The summed E-state index contributed by atoms with van der Waals surface area (Å²) in [5.74, 6) is 1.39. The minimum absolute atomic E-state index is 0.0612. The monoisotopic (exact) mass is 458 g/mol. The van der Waals surface area contributed by atoms with Gasteiger partial charge in [-0.3, -0.25) is 4.68 Å². The number of benzene rings is 1. The summed E-state index contributed by atoms with van der Waals surface area (Å²) in [7, 11) is 0. The molecule has 4 aromatic rings. The van der Waals surface area contributed by atoms with Gasteiger partial charge in [0.2, 0.25) is 0 Å². The summed E-state index contributed by atoms with van der Waals surface area (Å²) < 4.78 is 25.1. The van der Waals surface area contributed by atoms with Gasteiger partial charge in [-0.05, 0) is 64.3 Å². The van der Waals surface area contributed by atoms with Crippen LogP contribution in [0.5, 0.6) is 5.75 Å². The quantitative estimate of drug-likeness (QED) is 0.422. The molecule has 0 saturated heterocycles. The van der Waals surface area contributed by atoms with Gasteiger partial charge in [0.1, 0.15) is 17.7 Å². The number of hydrogen-bond donors (Lipinski definition) is 1. The number of ether oxygens (including phenoxy) is 1. The Bertz CT molecular complexity index is 1420. The van der Waals surface area contributed by atoms with Gasteiger partial charge in [-0.1, -0.05) is 0 Å². The molecule has 0 fully saturated rings. The van der Waals surface area contributed by atoms with Crippen molar-refractivity contribution in [1.29, 1.82) is 0 Å². The highest BCUT2D eigenvalue weighted by molar-refractivity contribution is 5.71. The average molecular weight is 459 g/mol. The Labute approximate surface area is 197 Å². The van der Waals surface area contributed by atoms with E-state index in [4.69, 9.17) is 20.6 Å². The van der Waals surface area contributed by atoms with Gasteiger partial charge < -0.3 is 15.0 Å². The lowest BCUT2D eigenvalue weighted by Crippen LogP contribution is -2.20. The lowest BCUT2D eigenvalue weighted by atomic mass is 9.88. The zero-order valence-corrected chi connectivity index (χ0v) is 19.5. The van der Waals surface area contributed by atoms with Gasteiger partial charge in [-0.15, -0.1) is 0 Å². The van der Waals surface area contributed by atoms with Gasteiger partial charge in [0.25, 0.3) is 0 Å². The zero-order chi connectivity index (χ0) is 23.6. The van der Waals surface area contributed by atoms with Crippen LogP contribution in [0.1, 0.15) is 61.5 Å². The van der Waals surface area contributed by atoms with Crippen LogP contribution in [-0.2, 0) is 13.0 Å². The molecule has 1 aliphatic heterocycles. The van der Waals surface area contributed by atoms with E-state index in [0.717, 1.165) is 65.4 Å². The Morgan fingerprint density at radius 1 is 1.21 bits per heavy atom. The van der Waals surface area contributed by atoms with Crippen LogP contribution in [0.4, 0.5) is 10.2 Å². The van der Waals surface area contributed by atoms with Crippen molar-refractivity contribution in [2.45, 2.75) is 58.7 Å². The van der Waals surface area contributed by atoms with E-state index in [1.165, 1.54) is 11.6 Å². The van der Waals surface area contributed by atoms with Crippen molar-refractivity contribution in [1.82, 2.24) is 24.3 Å². The highest BCUT2D eigenvalue weighted by Crippen LogP contribution is 2.45. The number of imidazole rings is 1. The molecule has 3 aromatic heterocycles. The summed E-state index contributed by atoms with van der Waals surface area (Å²) >= 11 is 0. The molecule has 0 spiro atoms. The summed E-state index contributed by atoms with van der Waals surface area (Å²) in [5.41, 5.74) is 13.1. The van der Waals surface area contributed by atoms with E-state index in [1.807, 2.05) is 32.2 Å². The molecule has 2 atom stereocenters. The highest BCUT2D eigenvalue weighted by Gasteiger charge is 2.33. The van der Waals surface area contributed by atoms with Crippen LogP contribution in [0.3, 0.4) is 0 Å². The summed E-state index contributed by atoms with van der Waals surface area (Å²) in [4.78, 5) is 9.16. The first-order chi connectivity index (χ1) is 16.5. The smallest absolute Gasteiger partial charge is 0.166 e. The fourth-order valence-electron chi connectivity index (χ4n) is 5.54. The maximum absolute atomic E-state index is 14.4. The molecular formula is C26H27FN6O. The number of halogens is 1. The van der Waals surface area contributed by atoms with Crippen molar-refractivity contribution < 1.29 is 9.13 Å². The number of hydrogen-bond acceptors (Lipinski definition) is 5. The van der Waals surface area contributed by atoms with Crippen molar-refractivity contribution in [3.63, 3.8) is 0 Å². The number of nitrogens with zero attached hydrogens (tertiary/aromatic N) is 5. The van der Waals surface area contributed by atoms with Crippen LogP contribution in [0, 0.1) is 12.7 Å². The Hall–Kier alpha value is -3.68. The number of nitrogen functional groups attached to an aromatic ring is 1. The molecule has 34 heavy (non-hydrogen) atoms. The second kappa shape index (κ2) is 7.68. The molecule has 0 radical (unpaired) electrons. The lowest BCUT2D eigenvalue weighted by molar-refractivity contribution is 0.227. The number of anilines is 1. The molecule has 8 heteroatoms. The van der Waals surface area contributed by atoms with E-state index in [2.05, 4.69) is 21.2 Å². The molecule has 2 bridgehead atoms. The first-order valence-corrected chi connectivity index (χ1v) is 11.8. The number of pyridine rings is 1. The van der Waals surface area contributed by atoms with Crippen LogP contribution in [0.15, 0.2) is 36.7 Å². The molecule has 2 aliphatic rings. The van der Waals surface area contributed by atoms with Gasteiger partial charge in [-0.2, -0.15) is 5.10 Å². The van der Waals surface area contributed by atoms with Gasteiger partial charge in [0.15, 0.2) is 11.6 Å². The molecule has 7 nitrogen and oxygen atoms in total. The van der Waals surface area contributed by atoms with Crippen molar-refractivity contribution in [2.75, 3.05) is 5.73 Å². The van der Waals surface area contributed by atoms with Crippen molar-refractivity contribution in [3.8, 4) is 28.3 Å². The predicted molar refractivity (Wildman–Crippen MR) is 128 cm³/mol. The Kier molecular flexibility index (Phi) is 4.72. The first kappa shape index (κ1) is 20.9. The third kappa shape index (κ3) is 3.04. The van der Waals surface area contributed by atoms with Gasteiger partial charge in [-0.25, -0.2) is 14.4 Å². The minimum Gasteiger partial charge on any atom is -0.482 e. The number of aryl methyl sites for hydroxylation is 3. The van der Waals surface area contributed by atoms with Gasteiger partial charge >= 0.3 is 0 Å². The summed E-state index contributed by atoms with van der Waals surface area (Å²) in [6, 6.07) is 6.86. The van der Waals surface area contributed by atoms with Crippen LogP contribution in [0.25, 0.3) is 22.5 Å². The first-order valence-electron chi connectivity index (χ1n) is 11.8. The number of rotatable bonds is 1. The Morgan fingerprint density at radius 2 is 2.06 bits per heavy atom. The molecule has 2 N–H and O–H groups in total. The molecule has 1 aromatic carbocycles. The van der Waals surface area contributed by atoms with Gasteiger partial charge in [0.05, 0.1) is 29.3 Å². The van der Waals surface area contributed by atoms with E-state index in [9.17, 15) is 4.39 Å². The fraction of sp³-hybridized carbons (Fsp3) is 0.346. The molecular weight excluding hydrogens is 431 g/mol. The molecule has 1 unspecified atom stereocenters. The molecule has 6 rings (SSSR count). The third-order valence-electron chi connectivity index (χ3n) is 7.07. The van der Waals surface area contributed by atoms with Crippen molar-refractivity contribution >= 4 is 5.82 Å². The maximum Gasteiger partial charge on any atom is 0.166 e. The van der Waals surface area contributed by atoms with E-state index in [0.29, 0.717) is 11.6 Å². The Morgan fingerprint density at radius 3 is 2.88 bits per heavy atom. The Balaban J connectivity index is 1.72. The fourth-order valence-corrected chi connectivity index (χ4v) is 5.54. The van der Waals surface area contributed by atoms with Crippen LogP contribution < -0.4 is 10.5 Å². The average Bonchev–Trinajstić information content (AvgIpc) is 3.40. The number of fused-ring (bicyclic) bond motifs is 7. The van der Waals surface area contributed by atoms with Gasteiger partial charge in [0, 0.05) is 35.0 Å². The van der Waals surface area contributed by atoms with E-state index >= 15 is 0 Å². The van der Waals surface area contributed by atoms with Crippen LogP contribution in [0.2, 0.25) is 0 Å². The normalized spacial score (nSPS) is 18.7. The topological polar surface area (TPSA) is 83.8 Å².